The van der Waals surface area contributed by atoms with Crippen molar-refractivity contribution in [1.29, 1.82) is 0 Å². The molecule has 1 atom stereocenters. The molecule has 0 radical (unpaired) electrons. The Hall–Kier alpha value is -3.26. The number of rotatable bonds is 4. The molecule has 0 spiro atoms. The van der Waals surface area contributed by atoms with Gasteiger partial charge in [0.1, 0.15) is 6.61 Å². The third-order valence-electron chi connectivity index (χ3n) is 4.41. The van der Waals surface area contributed by atoms with Crippen LogP contribution in [-0.2, 0) is 9.53 Å². The number of carboxylic acids is 1. The summed E-state index contributed by atoms with van der Waals surface area (Å²) < 4.78 is 5.28. The van der Waals surface area contributed by atoms with Gasteiger partial charge in [-0.15, -0.1) is 6.42 Å². The Morgan fingerprint density at radius 1 is 1.16 bits per heavy atom. The van der Waals surface area contributed by atoms with Crippen LogP contribution in [0.2, 0.25) is 0 Å². The van der Waals surface area contributed by atoms with Gasteiger partial charge in [0.05, 0.1) is 0 Å². The zero-order valence-electron chi connectivity index (χ0n) is 13.7. The fourth-order valence-corrected chi connectivity index (χ4v) is 2.99. The highest BCUT2D eigenvalue weighted by molar-refractivity contribution is 5.87. The average molecular weight is 335 g/mol. The quantitative estimate of drug-likeness (QED) is 0.842. The number of alkyl carbamates (subject to hydrolysis) is 1. The number of amides is 1. The number of fused-ring (bicyclic) bond motifs is 3. The van der Waals surface area contributed by atoms with Crippen LogP contribution in [0.1, 0.15) is 24.0 Å². The van der Waals surface area contributed by atoms with Crippen LogP contribution in [0.5, 0.6) is 0 Å². The van der Waals surface area contributed by atoms with E-state index < -0.39 is 17.6 Å². The van der Waals surface area contributed by atoms with Crippen molar-refractivity contribution in [3.05, 3.63) is 59.7 Å². The molecule has 0 bridgehead atoms. The van der Waals surface area contributed by atoms with Crippen LogP contribution < -0.4 is 5.32 Å². The van der Waals surface area contributed by atoms with Crippen LogP contribution in [-0.4, -0.2) is 29.3 Å². The van der Waals surface area contributed by atoms with Gasteiger partial charge in [0.15, 0.2) is 5.54 Å². The Morgan fingerprint density at radius 3 is 2.16 bits per heavy atom. The molecule has 5 nitrogen and oxygen atoms in total. The summed E-state index contributed by atoms with van der Waals surface area (Å²) in [5.74, 6) is 0.643. The lowest BCUT2D eigenvalue weighted by atomic mass is 9.98. The zero-order chi connectivity index (χ0) is 18.0. The predicted molar refractivity (Wildman–Crippen MR) is 93.1 cm³/mol. The van der Waals surface area contributed by atoms with E-state index in [0.717, 1.165) is 22.3 Å². The lowest BCUT2D eigenvalue weighted by molar-refractivity contribution is -0.141. The number of terminal acetylenes is 1. The molecule has 0 fully saturated rings. The van der Waals surface area contributed by atoms with E-state index in [9.17, 15) is 9.59 Å². The van der Waals surface area contributed by atoms with Crippen molar-refractivity contribution in [2.75, 3.05) is 6.61 Å². The van der Waals surface area contributed by atoms with Gasteiger partial charge >= 0.3 is 12.1 Å². The molecule has 0 aromatic heterocycles. The van der Waals surface area contributed by atoms with E-state index in [1.807, 2.05) is 48.5 Å². The van der Waals surface area contributed by atoms with Crippen LogP contribution in [0.25, 0.3) is 11.1 Å². The third kappa shape index (κ3) is 2.94. The lowest BCUT2D eigenvalue weighted by Crippen LogP contribution is -2.51. The second-order valence-corrected chi connectivity index (χ2v) is 6.03. The van der Waals surface area contributed by atoms with Crippen molar-refractivity contribution in [1.82, 2.24) is 5.32 Å². The van der Waals surface area contributed by atoms with Crippen molar-refractivity contribution >= 4 is 12.1 Å². The molecule has 0 saturated carbocycles. The normalized spacial score (nSPS) is 14.6. The minimum atomic E-state index is -1.80. The SMILES string of the molecule is C#CC(C)(NC(=O)OCC1c2ccccc2-c2ccccc21)C(=O)O. The van der Waals surface area contributed by atoms with Crippen LogP contribution in [0.15, 0.2) is 48.5 Å². The van der Waals surface area contributed by atoms with E-state index in [0.29, 0.717) is 0 Å². The number of aliphatic carboxylic acids is 1. The van der Waals surface area contributed by atoms with Gasteiger partial charge in [-0.25, -0.2) is 9.59 Å². The Labute approximate surface area is 145 Å². The molecule has 25 heavy (non-hydrogen) atoms. The van der Waals surface area contributed by atoms with Crippen LogP contribution in [0.4, 0.5) is 4.79 Å². The molecule has 3 rings (SSSR count). The molecule has 2 aromatic rings. The fourth-order valence-electron chi connectivity index (χ4n) is 2.99. The minimum Gasteiger partial charge on any atom is -0.479 e. The van der Waals surface area contributed by atoms with Crippen molar-refractivity contribution in [2.45, 2.75) is 18.4 Å². The van der Waals surface area contributed by atoms with Gasteiger partial charge in [-0.05, 0) is 29.2 Å². The smallest absolute Gasteiger partial charge is 0.408 e. The fraction of sp³-hybridized carbons (Fsp3) is 0.200. The highest BCUT2D eigenvalue weighted by Crippen LogP contribution is 2.44. The molecule has 1 amide bonds. The number of hydrogen-bond donors (Lipinski definition) is 2. The van der Waals surface area contributed by atoms with Gasteiger partial charge < -0.3 is 9.84 Å². The van der Waals surface area contributed by atoms with Crippen LogP contribution in [0.3, 0.4) is 0 Å². The van der Waals surface area contributed by atoms with Crippen molar-refractivity contribution in [3.63, 3.8) is 0 Å². The van der Waals surface area contributed by atoms with E-state index in [-0.39, 0.29) is 12.5 Å². The molecule has 0 heterocycles. The highest BCUT2D eigenvalue weighted by Gasteiger charge is 2.34. The van der Waals surface area contributed by atoms with Crippen molar-refractivity contribution in [3.8, 4) is 23.5 Å². The maximum absolute atomic E-state index is 12.0. The molecule has 0 saturated heterocycles. The molecule has 2 N–H and O–H groups in total. The maximum Gasteiger partial charge on any atom is 0.408 e. The van der Waals surface area contributed by atoms with E-state index >= 15 is 0 Å². The van der Waals surface area contributed by atoms with Gasteiger partial charge in [-0.3, -0.25) is 5.32 Å². The van der Waals surface area contributed by atoms with Gasteiger partial charge in [-0.2, -0.15) is 0 Å². The molecule has 1 unspecified atom stereocenters. The number of carbonyl (C=O) groups is 2. The van der Waals surface area contributed by atoms with E-state index in [1.54, 1.807) is 0 Å². The summed E-state index contributed by atoms with van der Waals surface area (Å²) in [5.41, 5.74) is 2.59. The summed E-state index contributed by atoms with van der Waals surface area (Å²) in [6.45, 7) is 1.33. The summed E-state index contributed by atoms with van der Waals surface area (Å²) in [7, 11) is 0. The first kappa shape index (κ1) is 16.6. The minimum absolute atomic E-state index is 0.0972. The third-order valence-corrected chi connectivity index (χ3v) is 4.41. The number of benzene rings is 2. The summed E-state index contributed by atoms with van der Waals surface area (Å²) in [6.07, 6.45) is 4.34. The topological polar surface area (TPSA) is 75.6 Å². The summed E-state index contributed by atoms with van der Waals surface area (Å²) in [5, 5.41) is 11.3. The predicted octanol–water partition coefficient (Wildman–Crippen LogP) is 3.00. The van der Waals surface area contributed by atoms with Gasteiger partial charge in [0, 0.05) is 5.92 Å². The number of nitrogens with one attached hydrogen (secondary N) is 1. The van der Waals surface area contributed by atoms with Crippen LogP contribution in [0, 0.1) is 12.3 Å². The van der Waals surface area contributed by atoms with Gasteiger partial charge in [-0.1, -0.05) is 54.5 Å². The standard InChI is InChI=1S/C20H17NO4/c1-3-20(2,18(22)23)21-19(24)25-12-17-15-10-6-4-8-13(15)14-9-5-7-11-16(14)17/h1,4-11,17H,12H2,2H3,(H,21,24)(H,22,23). The second-order valence-electron chi connectivity index (χ2n) is 6.03. The first-order chi connectivity index (χ1) is 12.0. The molecular weight excluding hydrogens is 318 g/mol. The van der Waals surface area contributed by atoms with Gasteiger partial charge in [0.2, 0.25) is 0 Å². The Kier molecular flexibility index (Phi) is 4.20. The molecule has 0 aliphatic heterocycles. The van der Waals surface area contributed by atoms with Gasteiger partial charge in [0.25, 0.3) is 0 Å². The first-order valence-electron chi connectivity index (χ1n) is 7.80. The van der Waals surface area contributed by atoms with Crippen molar-refractivity contribution in [2.24, 2.45) is 0 Å². The Bertz CT molecular complexity index is 838. The molecule has 1 aliphatic carbocycles. The highest BCUT2D eigenvalue weighted by atomic mass is 16.5. The number of carbonyl (C=O) groups excluding carboxylic acids is 1. The molecule has 126 valence electrons. The molecular formula is C20H17NO4. The van der Waals surface area contributed by atoms with Crippen LogP contribution >= 0.6 is 0 Å². The number of hydrogen-bond acceptors (Lipinski definition) is 3. The summed E-state index contributed by atoms with van der Waals surface area (Å²) in [4.78, 5) is 23.2. The summed E-state index contributed by atoms with van der Waals surface area (Å²) >= 11 is 0. The Morgan fingerprint density at radius 2 is 1.68 bits per heavy atom. The monoisotopic (exact) mass is 335 g/mol. The molecule has 5 heteroatoms. The second kappa shape index (κ2) is 6.33. The zero-order valence-corrected chi connectivity index (χ0v) is 13.7. The lowest BCUT2D eigenvalue weighted by Gasteiger charge is -2.21. The first-order valence-corrected chi connectivity index (χ1v) is 7.80. The molecule has 1 aliphatic rings. The van der Waals surface area contributed by atoms with E-state index in [4.69, 9.17) is 16.3 Å². The largest absolute Gasteiger partial charge is 0.479 e. The van der Waals surface area contributed by atoms with Crippen molar-refractivity contribution < 1.29 is 19.4 Å². The average Bonchev–Trinajstić information content (AvgIpc) is 2.94. The number of ether oxygens (including phenoxy) is 1. The molecule has 2 aromatic carbocycles. The van der Waals surface area contributed by atoms with E-state index in [2.05, 4.69) is 11.2 Å². The Balaban J connectivity index is 1.77. The van der Waals surface area contributed by atoms with E-state index in [1.165, 1.54) is 6.92 Å². The maximum atomic E-state index is 12.0. The number of carboxylic acid groups (broad SMARTS) is 1. The summed E-state index contributed by atoms with van der Waals surface area (Å²) in [6, 6.07) is 15.9.